The number of esters is 1. The van der Waals surface area contributed by atoms with E-state index in [1.807, 2.05) is 54.9 Å². The molecule has 0 fully saturated rings. The van der Waals surface area contributed by atoms with Gasteiger partial charge in [0.05, 0.1) is 23.5 Å². The van der Waals surface area contributed by atoms with E-state index in [1.54, 1.807) is 24.3 Å². The minimum absolute atomic E-state index is 0.399. The molecule has 4 heteroatoms. The molecule has 0 amide bonds. The lowest BCUT2D eigenvalue weighted by Crippen LogP contribution is -2.03. The van der Waals surface area contributed by atoms with Gasteiger partial charge in [0.25, 0.3) is 0 Å². The zero-order valence-electron chi connectivity index (χ0n) is 13.5. The normalized spacial score (nSPS) is 10.9. The van der Waals surface area contributed by atoms with E-state index in [1.165, 1.54) is 6.26 Å². The van der Waals surface area contributed by atoms with Crippen molar-refractivity contribution in [3.8, 4) is 6.07 Å². The molecule has 0 N–H and O–H groups in total. The SMILES string of the molecule is Cc1ccc(C#N)cc1C(=O)OC=Cc1cc2ccccc2n1C. The molecule has 0 radical (unpaired) electrons. The van der Waals surface area contributed by atoms with Gasteiger partial charge in [-0.2, -0.15) is 5.26 Å². The molecular weight excluding hydrogens is 300 g/mol. The van der Waals surface area contributed by atoms with Crippen molar-refractivity contribution in [1.82, 2.24) is 4.57 Å². The first-order valence-corrected chi connectivity index (χ1v) is 7.53. The van der Waals surface area contributed by atoms with Gasteiger partial charge >= 0.3 is 5.97 Å². The highest BCUT2D eigenvalue weighted by Gasteiger charge is 2.10. The molecule has 0 atom stereocenters. The summed E-state index contributed by atoms with van der Waals surface area (Å²) in [5.41, 5.74) is 3.66. The molecule has 0 aliphatic rings. The fourth-order valence-electron chi connectivity index (χ4n) is 2.61. The zero-order valence-corrected chi connectivity index (χ0v) is 13.5. The van der Waals surface area contributed by atoms with Gasteiger partial charge in [0.1, 0.15) is 0 Å². The van der Waals surface area contributed by atoms with Crippen molar-refractivity contribution in [2.45, 2.75) is 6.92 Å². The van der Waals surface area contributed by atoms with Gasteiger partial charge in [0.2, 0.25) is 0 Å². The van der Waals surface area contributed by atoms with Crippen molar-refractivity contribution >= 4 is 22.9 Å². The summed E-state index contributed by atoms with van der Waals surface area (Å²) in [5.74, 6) is -0.473. The Morgan fingerprint density at radius 3 is 2.75 bits per heavy atom. The number of hydrogen-bond acceptors (Lipinski definition) is 3. The second-order valence-corrected chi connectivity index (χ2v) is 5.54. The van der Waals surface area contributed by atoms with Crippen molar-refractivity contribution in [3.05, 3.63) is 77.2 Å². The number of carbonyl (C=O) groups is 1. The van der Waals surface area contributed by atoms with Gasteiger partial charge in [-0.15, -0.1) is 0 Å². The summed E-state index contributed by atoms with van der Waals surface area (Å²) in [6.07, 6.45) is 3.14. The number of aryl methyl sites for hydroxylation is 2. The van der Waals surface area contributed by atoms with Crippen LogP contribution in [0.2, 0.25) is 0 Å². The van der Waals surface area contributed by atoms with Crippen LogP contribution in [0.4, 0.5) is 0 Å². The standard InChI is InChI=1S/C20H16N2O2/c1-14-7-8-15(13-21)11-18(14)20(23)24-10-9-17-12-16-5-3-4-6-19(16)22(17)2/h3-12H,1-2H3. The molecule has 0 bridgehead atoms. The largest absolute Gasteiger partial charge is 0.431 e. The van der Waals surface area contributed by atoms with Crippen LogP contribution < -0.4 is 0 Å². The molecule has 118 valence electrons. The third-order valence-electron chi connectivity index (χ3n) is 3.99. The maximum Gasteiger partial charge on any atom is 0.343 e. The Bertz CT molecular complexity index is 991. The number of aromatic nitrogens is 1. The van der Waals surface area contributed by atoms with Gasteiger partial charge in [0, 0.05) is 23.6 Å². The van der Waals surface area contributed by atoms with Crippen LogP contribution in [0.3, 0.4) is 0 Å². The van der Waals surface area contributed by atoms with E-state index in [0.29, 0.717) is 11.1 Å². The van der Waals surface area contributed by atoms with Crippen LogP contribution >= 0.6 is 0 Å². The highest BCUT2D eigenvalue weighted by atomic mass is 16.5. The lowest BCUT2D eigenvalue weighted by atomic mass is 10.1. The molecule has 0 aliphatic heterocycles. The maximum absolute atomic E-state index is 12.2. The molecule has 0 unspecified atom stereocenters. The Morgan fingerprint density at radius 1 is 1.21 bits per heavy atom. The molecule has 4 nitrogen and oxygen atoms in total. The fraction of sp³-hybridized carbons (Fsp3) is 0.100. The number of nitrogens with zero attached hydrogens (tertiary/aromatic N) is 2. The first kappa shape index (κ1) is 15.6. The molecule has 0 saturated heterocycles. The predicted molar refractivity (Wildman–Crippen MR) is 93.3 cm³/mol. The van der Waals surface area contributed by atoms with E-state index in [2.05, 4.69) is 0 Å². The summed E-state index contributed by atoms with van der Waals surface area (Å²) in [6.45, 7) is 1.81. The van der Waals surface area contributed by atoms with Crippen molar-refractivity contribution in [3.63, 3.8) is 0 Å². The summed E-state index contributed by atoms with van der Waals surface area (Å²) in [5, 5.41) is 10.1. The topological polar surface area (TPSA) is 55.0 Å². The van der Waals surface area contributed by atoms with Gasteiger partial charge in [-0.3, -0.25) is 0 Å². The Balaban J connectivity index is 1.79. The van der Waals surface area contributed by atoms with Crippen molar-refractivity contribution in [2.24, 2.45) is 7.05 Å². The predicted octanol–water partition coefficient (Wildman–Crippen LogP) is 4.19. The van der Waals surface area contributed by atoms with Crippen LogP contribution in [0, 0.1) is 18.3 Å². The third-order valence-corrected chi connectivity index (χ3v) is 3.99. The van der Waals surface area contributed by atoms with E-state index < -0.39 is 5.97 Å². The molecule has 0 saturated carbocycles. The number of para-hydroxylation sites is 1. The quantitative estimate of drug-likeness (QED) is 0.538. The van der Waals surface area contributed by atoms with Crippen LogP contribution in [0.15, 0.2) is 54.8 Å². The Hall–Kier alpha value is -3.32. The summed E-state index contributed by atoms with van der Waals surface area (Å²) in [4.78, 5) is 12.2. The fourth-order valence-corrected chi connectivity index (χ4v) is 2.61. The molecule has 1 heterocycles. The van der Waals surface area contributed by atoms with Gasteiger partial charge in [-0.1, -0.05) is 24.3 Å². The second-order valence-electron chi connectivity index (χ2n) is 5.54. The third kappa shape index (κ3) is 2.92. The average molecular weight is 316 g/mol. The summed E-state index contributed by atoms with van der Waals surface area (Å²) in [7, 11) is 1.96. The van der Waals surface area contributed by atoms with E-state index in [0.717, 1.165) is 22.2 Å². The summed E-state index contributed by atoms with van der Waals surface area (Å²) < 4.78 is 7.25. The number of fused-ring (bicyclic) bond motifs is 1. The molecular formula is C20H16N2O2. The smallest absolute Gasteiger partial charge is 0.343 e. The number of rotatable bonds is 3. The molecule has 3 aromatic rings. The van der Waals surface area contributed by atoms with Crippen molar-refractivity contribution in [2.75, 3.05) is 0 Å². The molecule has 0 spiro atoms. The van der Waals surface area contributed by atoms with Gasteiger partial charge in [0.15, 0.2) is 0 Å². The molecule has 24 heavy (non-hydrogen) atoms. The lowest BCUT2D eigenvalue weighted by molar-refractivity contribution is 0.0664. The number of carbonyl (C=O) groups excluding carboxylic acids is 1. The number of benzene rings is 2. The van der Waals surface area contributed by atoms with E-state index in [-0.39, 0.29) is 0 Å². The van der Waals surface area contributed by atoms with Crippen LogP contribution in [0.1, 0.15) is 27.2 Å². The Morgan fingerprint density at radius 2 is 2.00 bits per heavy atom. The molecule has 1 aromatic heterocycles. The monoisotopic (exact) mass is 316 g/mol. The minimum Gasteiger partial charge on any atom is -0.431 e. The van der Waals surface area contributed by atoms with E-state index in [9.17, 15) is 4.79 Å². The lowest BCUT2D eigenvalue weighted by Gasteiger charge is -2.04. The Kier molecular flexibility index (Phi) is 4.17. The zero-order chi connectivity index (χ0) is 17.1. The Labute approximate surface area is 140 Å². The van der Waals surface area contributed by atoms with Gasteiger partial charge in [-0.05, 0) is 42.8 Å². The average Bonchev–Trinajstić information content (AvgIpc) is 2.92. The summed E-state index contributed by atoms with van der Waals surface area (Å²) >= 11 is 0. The highest BCUT2D eigenvalue weighted by molar-refractivity contribution is 5.92. The van der Waals surface area contributed by atoms with Gasteiger partial charge in [-0.25, -0.2) is 4.79 Å². The maximum atomic E-state index is 12.2. The van der Waals surface area contributed by atoms with Crippen molar-refractivity contribution in [1.29, 1.82) is 5.26 Å². The van der Waals surface area contributed by atoms with Crippen LogP contribution in [-0.2, 0) is 11.8 Å². The van der Waals surface area contributed by atoms with E-state index in [4.69, 9.17) is 10.00 Å². The first-order chi connectivity index (χ1) is 11.6. The molecule has 0 aliphatic carbocycles. The number of nitriles is 1. The minimum atomic E-state index is -0.473. The van der Waals surface area contributed by atoms with Gasteiger partial charge < -0.3 is 9.30 Å². The number of ether oxygens (including phenoxy) is 1. The van der Waals surface area contributed by atoms with Crippen molar-refractivity contribution < 1.29 is 9.53 Å². The summed E-state index contributed by atoms with van der Waals surface area (Å²) in [6, 6.07) is 17.1. The van der Waals surface area contributed by atoms with E-state index >= 15 is 0 Å². The van der Waals surface area contributed by atoms with Crippen LogP contribution in [-0.4, -0.2) is 10.5 Å². The molecule has 3 rings (SSSR count). The highest BCUT2D eigenvalue weighted by Crippen LogP contribution is 2.19. The van der Waals surface area contributed by atoms with Crippen LogP contribution in [0.5, 0.6) is 0 Å². The first-order valence-electron chi connectivity index (χ1n) is 7.53. The second kappa shape index (κ2) is 6.43. The van der Waals surface area contributed by atoms with Crippen LogP contribution in [0.25, 0.3) is 17.0 Å². The number of hydrogen-bond donors (Lipinski definition) is 0. The molecule has 2 aromatic carbocycles.